The van der Waals surface area contributed by atoms with E-state index >= 15 is 0 Å². The number of aromatic nitrogens is 2. The number of benzene rings is 1. The highest BCUT2D eigenvalue weighted by Crippen LogP contribution is 2.34. The van der Waals surface area contributed by atoms with Crippen molar-refractivity contribution < 1.29 is 4.74 Å². The van der Waals surface area contributed by atoms with E-state index in [0.717, 1.165) is 36.2 Å². The summed E-state index contributed by atoms with van der Waals surface area (Å²) >= 11 is 3.61. The van der Waals surface area contributed by atoms with Crippen LogP contribution in [0, 0.1) is 11.8 Å². The second-order valence-corrected chi connectivity index (χ2v) is 8.99. The Balaban J connectivity index is 2.20. The van der Waals surface area contributed by atoms with Crippen molar-refractivity contribution in [2.24, 2.45) is 11.8 Å². The standard InChI is InChI=1S/C22H32BrN3O2/c1-6-8-17(25-12-14(3)11-15(4)13-25)21-24-20-16(22(27)26(21)7-2)9-10-18(28-5)19(20)23/h9-10,14-15,17H,6-8,11-13H2,1-5H3/t14-,15+,17?. The Morgan fingerprint density at radius 1 is 1.25 bits per heavy atom. The van der Waals surface area contributed by atoms with Crippen molar-refractivity contribution in [2.45, 2.75) is 59.5 Å². The van der Waals surface area contributed by atoms with E-state index in [2.05, 4.69) is 41.6 Å². The molecule has 0 aliphatic carbocycles. The Kier molecular flexibility index (Phi) is 6.81. The average molecular weight is 450 g/mol. The van der Waals surface area contributed by atoms with E-state index in [1.165, 1.54) is 6.42 Å². The number of halogens is 1. The number of hydrogen-bond acceptors (Lipinski definition) is 4. The van der Waals surface area contributed by atoms with E-state index in [0.29, 0.717) is 35.0 Å². The molecule has 3 rings (SSSR count). The van der Waals surface area contributed by atoms with Gasteiger partial charge >= 0.3 is 0 Å². The third kappa shape index (κ3) is 3.99. The zero-order valence-electron chi connectivity index (χ0n) is 17.7. The van der Waals surface area contributed by atoms with Crippen molar-refractivity contribution >= 4 is 26.8 Å². The van der Waals surface area contributed by atoms with Gasteiger partial charge in [-0.1, -0.05) is 27.2 Å². The van der Waals surface area contributed by atoms with Crippen LogP contribution >= 0.6 is 15.9 Å². The molecule has 154 valence electrons. The molecule has 0 amide bonds. The summed E-state index contributed by atoms with van der Waals surface area (Å²) < 4.78 is 8.06. The molecule has 1 saturated heterocycles. The first-order valence-corrected chi connectivity index (χ1v) is 11.2. The van der Waals surface area contributed by atoms with Gasteiger partial charge in [0.25, 0.3) is 5.56 Å². The molecule has 2 aromatic rings. The SMILES string of the molecule is CCCC(c1nc2c(Br)c(OC)ccc2c(=O)n1CC)N1C[C@H](C)C[C@H](C)C1. The van der Waals surface area contributed by atoms with Gasteiger partial charge in [0, 0.05) is 19.6 Å². The minimum atomic E-state index is 0.0325. The largest absolute Gasteiger partial charge is 0.495 e. The summed E-state index contributed by atoms with van der Waals surface area (Å²) in [5, 5.41) is 0.633. The maximum Gasteiger partial charge on any atom is 0.261 e. The zero-order valence-corrected chi connectivity index (χ0v) is 19.3. The van der Waals surface area contributed by atoms with Crippen LogP contribution in [0.1, 0.15) is 58.8 Å². The van der Waals surface area contributed by atoms with Crippen LogP contribution in [0.2, 0.25) is 0 Å². The van der Waals surface area contributed by atoms with Crippen molar-refractivity contribution in [2.75, 3.05) is 20.2 Å². The van der Waals surface area contributed by atoms with E-state index in [4.69, 9.17) is 9.72 Å². The summed E-state index contributed by atoms with van der Waals surface area (Å²) in [7, 11) is 1.64. The molecule has 0 bridgehead atoms. The summed E-state index contributed by atoms with van der Waals surface area (Å²) in [6.07, 6.45) is 3.32. The quantitative estimate of drug-likeness (QED) is 0.621. The highest BCUT2D eigenvalue weighted by Gasteiger charge is 2.31. The molecule has 1 aliphatic rings. The number of likely N-dealkylation sites (tertiary alicyclic amines) is 1. The third-order valence-corrected chi connectivity index (χ3v) is 6.56. The molecule has 0 spiro atoms. The van der Waals surface area contributed by atoms with Gasteiger partial charge in [0.05, 0.1) is 28.5 Å². The topological polar surface area (TPSA) is 47.4 Å². The lowest BCUT2D eigenvalue weighted by Crippen LogP contribution is -2.43. The van der Waals surface area contributed by atoms with Crippen LogP contribution in [-0.2, 0) is 6.54 Å². The van der Waals surface area contributed by atoms with Crippen molar-refractivity contribution in [1.82, 2.24) is 14.5 Å². The Morgan fingerprint density at radius 2 is 1.93 bits per heavy atom. The lowest BCUT2D eigenvalue weighted by Gasteiger charge is -2.40. The predicted molar refractivity (Wildman–Crippen MR) is 118 cm³/mol. The van der Waals surface area contributed by atoms with E-state index in [1.54, 1.807) is 7.11 Å². The van der Waals surface area contributed by atoms with Gasteiger partial charge in [0.15, 0.2) is 0 Å². The number of ether oxygens (including phenoxy) is 1. The summed E-state index contributed by atoms with van der Waals surface area (Å²) in [5.74, 6) is 2.92. The Labute approximate surface area is 176 Å². The van der Waals surface area contributed by atoms with E-state index < -0.39 is 0 Å². The highest BCUT2D eigenvalue weighted by molar-refractivity contribution is 9.10. The maximum absolute atomic E-state index is 13.3. The molecule has 1 aromatic heterocycles. The van der Waals surface area contributed by atoms with Crippen LogP contribution < -0.4 is 10.3 Å². The van der Waals surface area contributed by atoms with Gasteiger partial charge in [0.1, 0.15) is 11.6 Å². The second-order valence-electron chi connectivity index (χ2n) is 8.20. The third-order valence-electron chi connectivity index (χ3n) is 5.79. The lowest BCUT2D eigenvalue weighted by atomic mass is 9.90. The van der Waals surface area contributed by atoms with Crippen molar-refractivity contribution in [3.63, 3.8) is 0 Å². The van der Waals surface area contributed by atoms with Crippen LogP contribution in [0.3, 0.4) is 0 Å². The number of methoxy groups -OCH3 is 1. The molecular formula is C22H32BrN3O2. The molecule has 1 unspecified atom stereocenters. The molecule has 1 fully saturated rings. The first kappa shape index (κ1) is 21.3. The first-order chi connectivity index (χ1) is 13.4. The second kappa shape index (κ2) is 8.95. The molecule has 2 heterocycles. The molecule has 3 atom stereocenters. The van der Waals surface area contributed by atoms with E-state index in [-0.39, 0.29) is 11.6 Å². The van der Waals surface area contributed by atoms with Crippen molar-refractivity contribution in [3.8, 4) is 5.75 Å². The molecular weight excluding hydrogens is 418 g/mol. The van der Waals surface area contributed by atoms with Gasteiger partial charge in [-0.25, -0.2) is 4.98 Å². The summed E-state index contributed by atoms with van der Waals surface area (Å²) in [6.45, 7) is 11.6. The molecule has 0 saturated carbocycles. The summed E-state index contributed by atoms with van der Waals surface area (Å²) in [6, 6.07) is 3.81. The minimum absolute atomic E-state index is 0.0325. The Hall–Kier alpha value is -1.40. The Morgan fingerprint density at radius 3 is 2.50 bits per heavy atom. The average Bonchev–Trinajstić information content (AvgIpc) is 2.66. The number of piperidine rings is 1. The molecule has 1 aromatic carbocycles. The summed E-state index contributed by atoms with van der Waals surface area (Å²) in [4.78, 5) is 20.9. The fourth-order valence-electron chi connectivity index (χ4n) is 4.68. The molecule has 5 nitrogen and oxygen atoms in total. The minimum Gasteiger partial charge on any atom is -0.495 e. The highest BCUT2D eigenvalue weighted by atomic mass is 79.9. The van der Waals surface area contributed by atoms with Crippen LogP contribution in [0.15, 0.2) is 21.4 Å². The van der Waals surface area contributed by atoms with Crippen molar-refractivity contribution in [1.29, 1.82) is 0 Å². The van der Waals surface area contributed by atoms with Crippen LogP contribution in [-0.4, -0.2) is 34.7 Å². The van der Waals surface area contributed by atoms with Gasteiger partial charge in [-0.2, -0.15) is 0 Å². The normalized spacial score (nSPS) is 21.8. The summed E-state index contributed by atoms with van der Waals surface area (Å²) in [5.41, 5.74) is 0.730. The van der Waals surface area contributed by atoms with E-state index in [9.17, 15) is 4.79 Å². The first-order valence-electron chi connectivity index (χ1n) is 10.4. The molecule has 6 heteroatoms. The predicted octanol–water partition coefficient (Wildman–Crippen LogP) is 5.01. The maximum atomic E-state index is 13.3. The lowest BCUT2D eigenvalue weighted by molar-refractivity contribution is 0.0836. The van der Waals surface area contributed by atoms with E-state index in [1.807, 2.05) is 23.6 Å². The molecule has 0 N–H and O–H groups in total. The molecule has 28 heavy (non-hydrogen) atoms. The molecule has 0 radical (unpaired) electrons. The zero-order chi connectivity index (χ0) is 20.4. The van der Waals surface area contributed by atoms with Gasteiger partial charge in [-0.05, 0) is 59.7 Å². The van der Waals surface area contributed by atoms with Gasteiger partial charge < -0.3 is 4.74 Å². The van der Waals surface area contributed by atoms with Gasteiger partial charge in [-0.3, -0.25) is 14.3 Å². The van der Waals surface area contributed by atoms with Gasteiger partial charge in [-0.15, -0.1) is 0 Å². The Bertz CT molecular complexity index is 885. The fourth-order valence-corrected chi connectivity index (χ4v) is 5.28. The number of hydrogen-bond donors (Lipinski definition) is 0. The number of rotatable bonds is 6. The van der Waals surface area contributed by atoms with Crippen LogP contribution in [0.5, 0.6) is 5.75 Å². The number of fused-ring (bicyclic) bond motifs is 1. The smallest absolute Gasteiger partial charge is 0.261 e. The number of nitrogens with zero attached hydrogens (tertiary/aromatic N) is 3. The monoisotopic (exact) mass is 449 g/mol. The fraction of sp³-hybridized carbons (Fsp3) is 0.636. The van der Waals surface area contributed by atoms with Crippen LogP contribution in [0.4, 0.5) is 0 Å². The van der Waals surface area contributed by atoms with Crippen molar-refractivity contribution in [3.05, 3.63) is 32.8 Å². The molecule has 1 aliphatic heterocycles. The van der Waals surface area contributed by atoms with Crippen LogP contribution in [0.25, 0.3) is 10.9 Å². The van der Waals surface area contributed by atoms with Gasteiger partial charge in [0.2, 0.25) is 0 Å².